The van der Waals surface area contributed by atoms with E-state index in [0.717, 1.165) is 96.8 Å². The van der Waals surface area contributed by atoms with Crippen LogP contribution in [0.25, 0.3) is 0 Å². The summed E-state index contributed by atoms with van der Waals surface area (Å²) in [6, 6.07) is -0.678. The Kier molecular flexibility index (Phi) is 35.8. The van der Waals surface area contributed by atoms with Gasteiger partial charge in [0.15, 0.2) is 0 Å². The average molecular weight is 811 g/mol. The fourth-order valence-electron chi connectivity index (χ4n) is 7.06. The number of unbranched alkanes of at least 4 members (excludes halogenated alkanes) is 5. The lowest BCUT2D eigenvalue weighted by Crippen LogP contribution is -2.44. The van der Waals surface area contributed by atoms with E-state index in [1.165, 1.54) is 6.92 Å². The summed E-state index contributed by atoms with van der Waals surface area (Å²) in [5, 5.41) is 31.5. The van der Waals surface area contributed by atoms with E-state index >= 15 is 0 Å². The van der Waals surface area contributed by atoms with Gasteiger partial charge >= 0.3 is 0 Å². The number of ketones is 1. The van der Waals surface area contributed by atoms with Crippen molar-refractivity contribution in [2.24, 2.45) is 0 Å². The summed E-state index contributed by atoms with van der Waals surface area (Å²) >= 11 is 0. The molecule has 15 nitrogen and oxygen atoms in total. The van der Waals surface area contributed by atoms with Crippen molar-refractivity contribution in [3.63, 3.8) is 0 Å². The van der Waals surface area contributed by atoms with Crippen LogP contribution in [0, 0.1) is 0 Å². The third-order valence-electron chi connectivity index (χ3n) is 10.4. The van der Waals surface area contributed by atoms with Crippen molar-refractivity contribution in [1.82, 2.24) is 53.2 Å². The van der Waals surface area contributed by atoms with Gasteiger partial charge in [0.2, 0.25) is 23.6 Å². The first kappa shape index (κ1) is 54.3. The Morgan fingerprint density at radius 1 is 0.351 bits per heavy atom. The van der Waals surface area contributed by atoms with E-state index in [1.54, 1.807) is 0 Å². The zero-order valence-corrected chi connectivity index (χ0v) is 37.1. The minimum atomic E-state index is -0.320. The van der Waals surface area contributed by atoms with Crippen LogP contribution in [0.15, 0.2) is 0 Å². The largest absolute Gasteiger partial charge is 0.356 e. The van der Waals surface area contributed by atoms with Gasteiger partial charge in [0.25, 0.3) is 0 Å². The highest BCUT2D eigenvalue weighted by atomic mass is 16.2. The van der Waals surface area contributed by atoms with Crippen molar-refractivity contribution < 1.29 is 24.0 Å². The van der Waals surface area contributed by atoms with Gasteiger partial charge in [-0.25, -0.2) is 0 Å². The molecule has 0 saturated heterocycles. The van der Waals surface area contributed by atoms with Crippen molar-refractivity contribution in [2.75, 3.05) is 75.0 Å². The average Bonchev–Trinajstić information content (AvgIpc) is 3.16. The molecule has 4 amide bonds. The molecule has 0 rings (SSSR count). The molecule has 0 bridgehead atoms. The first-order valence-electron chi connectivity index (χ1n) is 22.1. The molecule has 334 valence electrons. The van der Waals surface area contributed by atoms with Crippen molar-refractivity contribution in [2.45, 2.75) is 166 Å². The second-order valence-electron chi connectivity index (χ2n) is 15.7. The summed E-state index contributed by atoms with van der Waals surface area (Å²) in [7, 11) is 11.5. The molecular formula is C42H86N10O5. The van der Waals surface area contributed by atoms with Gasteiger partial charge in [-0.2, -0.15) is 0 Å². The van der Waals surface area contributed by atoms with Crippen molar-refractivity contribution in [3.8, 4) is 0 Å². The third-order valence-corrected chi connectivity index (χ3v) is 10.4. The molecule has 0 aliphatic carbocycles. The first-order chi connectivity index (χ1) is 27.5. The maximum Gasteiger partial charge on any atom is 0.222 e. The zero-order chi connectivity index (χ0) is 42.5. The number of hydrogen-bond acceptors (Lipinski definition) is 11. The molecule has 0 saturated carbocycles. The van der Waals surface area contributed by atoms with E-state index in [4.69, 9.17) is 0 Å². The fourth-order valence-corrected chi connectivity index (χ4v) is 7.06. The van der Waals surface area contributed by atoms with Gasteiger partial charge in [-0.1, -0.05) is 25.7 Å². The Bertz CT molecular complexity index is 1050. The Labute approximate surface area is 346 Å². The standard InChI is InChI=1S/C42H86N10O5/c1-33(53)28-36(50-42(57)32-38(22-11-16-26-46-5)52-41(56)30-35(48-7)19-9-14-24-44-3)20-12-17-27-49-39(54)31-37(21-10-15-25-45-4)51-40(55)29-34(47-6)18-8-13-23-43-2/h34-38,43-48H,8-32H2,1-7H3,(H,49,54)(H,50,57)(H,51,55)(H,52,56). The highest BCUT2D eigenvalue weighted by molar-refractivity contribution is 5.82. The highest BCUT2D eigenvalue weighted by Crippen LogP contribution is 2.12. The molecule has 0 aliphatic heterocycles. The van der Waals surface area contributed by atoms with E-state index in [-0.39, 0.29) is 78.9 Å². The van der Waals surface area contributed by atoms with E-state index in [9.17, 15) is 24.0 Å². The van der Waals surface area contributed by atoms with Gasteiger partial charge in [-0.15, -0.1) is 0 Å². The molecule has 5 unspecified atom stereocenters. The van der Waals surface area contributed by atoms with Crippen LogP contribution in [0.1, 0.15) is 135 Å². The maximum atomic E-state index is 13.3. The number of rotatable bonds is 40. The summed E-state index contributed by atoms with van der Waals surface area (Å²) in [6.45, 7) is 5.65. The van der Waals surface area contributed by atoms with Crippen LogP contribution >= 0.6 is 0 Å². The molecular weight excluding hydrogens is 725 g/mol. The summed E-state index contributed by atoms with van der Waals surface area (Å²) in [5.74, 6) is -0.381. The van der Waals surface area contributed by atoms with E-state index < -0.39 is 0 Å². The highest BCUT2D eigenvalue weighted by Gasteiger charge is 2.22. The first-order valence-corrected chi connectivity index (χ1v) is 22.1. The number of carbonyl (C=O) groups is 5. The molecule has 0 aliphatic rings. The Hall–Kier alpha value is -2.69. The second-order valence-corrected chi connectivity index (χ2v) is 15.7. The van der Waals surface area contributed by atoms with Crippen LogP contribution in [-0.2, 0) is 24.0 Å². The van der Waals surface area contributed by atoms with Crippen molar-refractivity contribution in [3.05, 3.63) is 0 Å². The Morgan fingerprint density at radius 2 is 0.632 bits per heavy atom. The van der Waals surface area contributed by atoms with Gasteiger partial charge in [0.1, 0.15) is 5.78 Å². The van der Waals surface area contributed by atoms with Gasteiger partial charge in [-0.05, 0) is 146 Å². The van der Waals surface area contributed by atoms with Crippen LogP contribution in [0.4, 0.5) is 0 Å². The molecule has 0 radical (unpaired) electrons. The monoisotopic (exact) mass is 811 g/mol. The Morgan fingerprint density at radius 3 is 0.947 bits per heavy atom. The van der Waals surface area contributed by atoms with Crippen LogP contribution in [0.5, 0.6) is 0 Å². The minimum absolute atomic E-state index is 0.00372. The molecule has 0 heterocycles. The van der Waals surface area contributed by atoms with Gasteiger partial charge in [0.05, 0.1) is 0 Å². The number of amides is 4. The number of hydrogen-bond donors (Lipinski definition) is 10. The predicted molar refractivity (Wildman–Crippen MR) is 233 cm³/mol. The third kappa shape index (κ3) is 32.9. The molecule has 0 aromatic carbocycles. The lowest BCUT2D eigenvalue weighted by molar-refractivity contribution is -0.126. The normalized spacial score (nSPS) is 13.9. The topological polar surface area (TPSA) is 206 Å². The molecule has 57 heavy (non-hydrogen) atoms. The number of nitrogens with one attached hydrogen (secondary N) is 10. The molecule has 0 spiro atoms. The molecule has 10 N–H and O–H groups in total. The summed E-state index contributed by atoms with van der Waals surface area (Å²) in [5.41, 5.74) is 0. The second kappa shape index (κ2) is 37.6. The van der Waals surface area contributed by atoms with E-state index in [1.807, 2.05) is 42.3 Å². The van der Waals surface area contributed by atoms with Crippen LogP contribution in [-0.4, -0.2) is 135 Å². The quantitative estimate of drug-likeness (QED) is 0.0406. The lowest BCUT2D eigenvalue weighted by atomic mass is 10.0. The zero-order valence-electron chi connectivity index (χ0n) is 37.1. The maximum absolute atomic E-state index is 13.3. The molecule has 0 aromatic rings. The van der Waals surface area contributed by atoms with E-state index in [0.29, 0.717) is 45.1 Å². The van der Waals surface area contributed by atoms with E-state index in [2.05, 4.69) is 53.2 Å². The number of carbonyl (C=O) groups excluding carboxylic acids is 5. The van der Waals surface area contributed by atoms with Crippen LogP contribution in [0.3, 0.4) is 0 Å². The van der Waals surface area contributed by atoms with Crippen molar-refractivity contribution in [1.29, 1.82) is 0 Å². The van der Waals surface area contributed by atoms with Gasteiger partial charge in [0, 0.05) is 68.9 Å². The molecule has 15 heteroatoms. The molecule has 0 fully saturated rings. The SMILES string of the molecule is CNCCCCC(CC(=O)NC(CCCCNC)CC(=O)NCCCCC(CC(C)=O)NC(=O)CC(CCCCNC)NC(=O)CC(CCCCNC)NC)NC. The lowest BCUT2D eigenvalue weighted by Gasteiger charge is -2.23. The molecule has 5 atom stereocenters. The van der Waals surface area contributed by atoms with Crippen LogP contribution in [0.2, 0.25) is 0 Å². The van der Waals surface area contributed by atoms with Gasteiger partial charge in [-0.3, -0.25) is 24.0 Å². The summed E-state index contributed by atoms with van der Waals surface area (Å²) in [6.07, 6.45) is 14.4. The number of Topliss-reactive ketones (excluding diaryl/α,β-unsaturated/α-hetero) is 1. The summed E-state index contributed by atoms with van der Waals surface area (Å²) in [4.78, 5) is 64.5. The smallest absolute Gasteiger partial charge is 0.222 e. The minimum Gasteiger partial charge on any atom is -0.356 e. The fraction of sp³-hybridized carbons (Fsp3) is 0.881. The van der Waals surface area contributed by atoms with Crippen LogP contribution < -0.4 is 53.2 Å². The predicted octanol–water partition coefficient (Wildman–Crippen LogP) is 2.00. The van der Waals surface area contributed by atoms with Gasteiger partial charge < -0.3 is 53.2 Å². The Balaban J connectivity index is 5.09. The summed E-state index contributed by atoms with van der Waals surface area (Å²) < 4.78 is 0. The molecule has 0 aromatic heterocycles. The van der Waals surface area contributed by atoms with Crippen molar-refractivity contribution >= 4 is 29.4 Å².